The molecule has 3 aliphatic rings. The molecular formula is C109H88BN3. The minimum atomic E-state index is -0.933. The molecule has 0 bridgehead atoms. The SMILES string of the molecule is CC(C)(C)c1ccc2c(c1)B1c3ccc(-n4c5ccccc5c5ccccc54)cc3N(c3c(-c4ccccc4)cc(C(C)(C)C)cc3-c3ccccc3)c3cc(C4(c5ccccc5)c5ccc(-c6ccccc6)cc5-c5cc(-c6ccccc6)ccc54)cc(c31)N2c1c(-c2ccccc2)cc(C(C)(C)C)cc1-c1ccccc1. The zero-order chi connectivity index (χ0) is 76.7. The minimum absolute atomic E-state index is 0.217. The molecule has 0 radical (unpaired) electrons. The number of benzene rings is 16. The van der Waals surface area contributed by atoms with E-state index in [0.717, 1.165) is 101 Å². The van der Waals surface area contributed by atoms with Gasteiger partial charge in [-0.2, -0.15) is 0 Å². The summed E-state index contributed by atoms with van der Waals surface area (Å²) in [6.07, 6.45) is 0. The molecule has 0 N–H and O–H groups in total. The molecule has 1 aromatic heterocycles. The van der Waals surface area contributed by atoms with Gasteiger partial charge in [-0.15, -0.1) is 0 Å². The molecule has 0 saturated heterocycles. The van der Waals surface area contributed by atoms with Gasteiger partial charge in [0.1, 0.15) is 0 Å². The minimum Gasteiger partial charge on any atom is -0.310 e. The first-order valence-corrected chi connectivity index (χ1v) is 40.1. The van der Waals surface area contributed by atoms with Crippen molar-refractivity contribution in [3.05, 3.63) is 409 Å². The van der Waals surface area contributed by atoms with Crippen molar-refractivity contribution >= 4 is 79.0 Å². The third kappa shape index (κ3) is 11.3. The second-order valence-electron chi connectivity index (χ2n) is 34.3. The zero-order valence-corrected chi connectivity index (χ0v) is 65.6. The van der Waals surface area contributed by atoms with Crippen LogP contribution in [0, 0.1) is 0 Å². The third-order valence-electron chi connectivity index (χ3n) is 24.5. The van der Waals surface area contributed by atoms with Crippen LogP contribution in [0.25, 0.3) is 105 Å². The summed E-state index contributed by atoms with van der Waals surface area (Å²) in [5.41, 5.74) is 37.2. The number of anilines is 6. The summed E-state index contributed by atoms with van der Waals surface area (Å²) in [4.78, 5) is 5.55. The third-order valence-corrected chi connectivity index (χ3v) is 24.5. The summed E-state index contributed by atoms with van der Waals surface area (Å²) in [6.45, 7) is 21.1. The van der Waals surface area contributed by atoms with Crippen molar-refractivity contribution in [3.63, 3.8) is 0 Å². The monoisotopic (exact) mass is 1450 g/mol. The molecule has 4 heteroatoms. The number of para-hydroxylation sites is 2. The summed E-state index contributed by atoms with van der Waals surface area (Å²) in [5.74, 6) is 0. The van der Waals surface area contributed by atoms with E-state index in [2.05, 4.69) is 447 Å². The van der Waals surface area contributed by atoms with Crippen molar-refractivity contribution in [2.45, 2.75) is 84.0 Å². The Kier molecular flexibility index (Phi) is 16.3. The lowest BCUT2D eigenvalue weighted by Crippen LogP contribution is -2.61. The van der Waals surface area contributed by atoms with E-state index < -0.39 is 5.41 Å². The van der Waals surface area contributed by atoms with Gasteiger partial charge in [0.2, 0.25) is 0 Å². The lowest BCUT2D eigenvalue weighted by atomic mass is 9.33. The van der Waals surface area contributed by atoms with Crippen LogP contribution in [0.3, 0.4) is 0 Å². The molecule has 0 amide bonds. The number of rotatable bonds is 11. The zero-order valence-electron chi connectivity index (χ0n) is 65.6. The molecule has 542 valence electrons. The molecule has 20 rings (SSSR count). The van der Waals surface area contributed by atoms with Gasteiger partial charge < -0.3 is 14.4 Å². The fourth-order valence-corrected chi connectivity index (χ4v) is 18.9. The molecule has 0 atom stereocenters. The summed E-state index contributed by atoms with van der Waals surface area (Å²) in [5, 5.41) is 2.44. The highest BCUT2D eigenvalue weighted by Gasteiger charge is 2.51. The molecule has 0 saturated carbocycles. The predicted molar refractivity (Wildman–Crippen MR) is 481 cm³/mol. The van der Waals surface area contributed by atoms with Gasteiger partial charge >= 0.3 is 0 Å². The fourth-order valence-electron chi connectivity index (χ4n) is 18.9. The van der Waals surface area contributed by atoms with E-state index in [4.69, 9.17) is 0 Å². The summed E-state index contributed by atoms with van der Waals surface area (Å²) in [7, 11) is 0. The standard InChI is InChI=1S/C109H88BN3/c1-106(2,3)80-55-60-99-96(67-80)110-95-59-56-84(111-97-51-33-31-49-85(97)86-50-32-34-52-98(86)111)70-100(95)113(105-89(75-43-25-14-26-44-75)65-82(108(7,8)9)66-90(105)76-45-27-15-28-46-76)102-69-83(68-101(103(102)110)112(99)104-87(73-39-21-12-22-40-73)63-81(107(4,5)6)64-88(104)74-41-23-13-24-42-74)109(79-47-29-16-30-48-79)93-57-53-77(71-35-17-10-18-36-71)61-91(93)92-62-78(54-58-94(92)109)72-37-19-11-20-38-72/h10-70H,1-9H3. The van der Waals surface area contributed by atoms with Crippen molar-refractivity contribution in [1.82, 2.24) is 4.57 Å². The molecule has 16 aromatic carbocycles. The Morgan fingerprint density at radius 1 is 0.248 bits per heavy atom. The first-order chi connectivity index (χ1) is 55.0. The molecule has 1 aliphatic carbocycles. The Morgan fingerprint density at radius 2 is 0.619 bits per heavy atom. The molecule has 3 nitrogen and oxygen atoms in total. The number of nitrogens with zero attached hydrogens (tertiary/aromatic N) is 3. The average molecular weight is 1450 g/mol. The van der Waals surface area contributed by atoms with Crippen LogP contribution >= 0.6 is 0 Å². The summed E-state index contributed by atoms with van der Waals surface area (Å²) in [6, 6.07) is 142. The number of hydrogen-bond donors (Lipinski definition) is 0. The van der Waals surface area contributed by atoms with Crippen LogP contribution in [-0.2, 0) is 21.7 Å². The number of fused-ring (bicyclic) bond motifs is 10. The van der Waals surface area contributed by atoms with Gasteiger partial charge in [0, 0.05) is 61.5 Å². The van der Waals surface area contributed by atoms with Gasteiger partial charge in [-0.1, -0.05) is 353 Å². The smallest absolute Gasteiger partial charge is 0.252 e. The van der Waals surface area contributed by atoms with Crippen LogP contribution in [-0.4, -0.2) is 11.3 Å². The summed E-state index contributed by atoms with van der Waals surface area (Å²) >= 11 is 0. The molecule has 3 heterocycles. The lowest BCUT2D eigenvalue weighted by Gasteiger charge is -2.47. The number of aromatic nitrogens is 1. The van der Waals surface area contributed by atoms with E-state index in [0.29, 0.717) is 0 Å². The van der Waals surface area contributed by atoms with Gasteiger partial charge in [-0.3, -0.25) is 0 Å². The van der Waals surface area contributed by atoms with E-state index in [1.165, 1.54) is 93.9 Å². The van der Waals surface area contributed by atoms with E-state index >= 15 is 0 Å². The molecular weight excluding hydrogens is 1360 g/mol. The second kappa shape index (κ2) is 26.6. The van der Waals surface area contributed by atoms with E-state index in [9.17, 15) is 0 Å². The maximum atomic E-state index is 2.78. The van der Waals surface area contributed by atoms with Crippen LogP contribution in [0.5, 0.6) is 0 Å². The second-order valence-corrected chi connectivity index (χ2v) is 34.3. The number of hydrogen-bond acceptors (Lipinski definition) is 2. The highest BCUT2D eigenvalue weighted by atomic mass is 15.2. The van der Waals surface area contributed by atoms with Crippen molar-refractivity contribution in [2.75, 3.05) is 9.80 Å². The van der Waals surface area contributed by atoms with Crippen LogP contribution in [0.4, 0.5) is 34.1 Å². The van der Waals surface area contributed by atoms with Gasteiger partial charge in [0.15, 0.2) is 0 Å². The first kappa shape index (κ1) is 69.2. The summed E-state index contributed by atoms with van der Waals surface area (Å²) < 4.78 is 2.52. The molecule has 2 aliphatic heterocycles. The van der Waals surface area contributed by atoms with E-state index in [-0.39, 0.29) is 23.0 Å². The Bertz CT molecular complexity index is 6320. The van der Waals surface area contributed by atoms with Crippen molar-refractivity contribution in [2.24, 2.45) is 0 Å². The molecule has 0 spiro atoms. The quantitative estimate of drug-likeness (QED) is 0.120. The molecule has 113 heavy (non-hydrogen) atoms. The van der Waals surface area contributed by atoms with Crippen LogP contribution in [0.15, 0.2) is 370 Å². The fraction of sp³-hybridized carbons (Fsp3) is 0.119. The Balaban J connectivity index is 1.02. The van der Waals surface area contributed by atoms with Gasteiger partial charge in [-0.25, -0.2) is 0 Å². The Morgan fingerprint density at radius 3 is 1.03 bits per heavy atom. The van der Waals surface area contributed by atoms with Crippen LogP contribution in [0.2, 0.25) is 0 Å². The van der Waals surface area contributed by atoms with Gasteiger partial charge in [0.25, 0.3) is 6.71 Å². The van der Waals surface area contributed by atoms with E-state index in [1.807, 2.05) is 0 Å². The van der Waals surface area contributed by atoms with E-state index in [1.54, 1.807) is 0 Å². The van der Waals surface area contributed by atoms with Gasteiger partial charge in [-0.05, 0) is 206 Å². The topological polar surface area (TPSA) is 11.4 Å². The Labute approximate surface area is 665 Å². The normalized spacial score (nSPS) is 13.4. The lowest BCUT2D eigenvalue weighted by molar-refractivity contribution is 0.590. The molecule has 0 unspecified atom stereocenters. The predicted octanol–water partition coefficient (Wildman–Crippen LogP) is 27.1. The molecule has 0 fully saturated rings. The first-order valence-electron chi connectivity index (χ1n) is 40.1. The van der Waals surface area contributed by atoms with Crippen LogP contribution < -0.4 is 26.2 Å². The van der Waals surface area contributed by atoms with Gasteiger partial charge in [0.05, 0.1) is 27.8 Å². The maximum absolute atomic E-state index is 2.78. The average Bonchev–Trinajstić information content (AvgIpc) is 1.64. The van der Waals surface area contributed by atoms with Crippen LogP contribution in [0.1, 0.15) is 101 Å². The molecule has 17 aromatic rings. The highest BCUT2D eigenvalue weighted by molar-refractivity contribution is 7.00. The highest BCUT2D eigenvalue weighted by Crippen LogP contribution is 2.62. The Hall–Kier alpha value is -13.0. The van der Waals surface area contributed by atoms with Crippen molar-refractivity contribution in [3.8, 4) is 83.6 Å². The van der Waals surface area contributed by atoms with Crippen molar-refractivity contribution < 1.29 is 0 Å². The van der Waals surface area contributed by atoms with Crippen molar-refractivity contribution in [1.29, 1.82) is 0 Å². The maximum Gasteiger partial charge on any atom is 0.252 e. The largest absolute Gasteiger partial charge is 0.310 e.